The molecular formula is C9H15N3O. The van der Waals surface area contributed by atoms with E-state index in [0.29, 0.717) is 6.54 Å². The maximum Gasteiger partial charge on any atom is 0.120 e. The molecule has 4 heteroatoms. The molecule has 1 fully saturated rings. The summed E-state index contributed by atoms with van der Waals surface area (Å²) in [5, 5.41) is 12.5. The van der Waals surface area contributed by atoms with Crippen LogP contribution in [0.15, 0.2) is 12.4 Å². The normalized spacial score (nSPS) is 19.8. The van der Waals surface area contributed by atoms with Gasteiger partial charge in [0.2, 0.25) is 0 Å². The van der Waals surface area contributed by atoms with Gasteiger partial charge in [0.05, 0.1) is 13.2 Å². The fourth-order valence-corrected chi connectivity index (χ4v) is 1.66. The van der Waals surface area contributed by atoms with Crippen LogP contribution in [0.4, 0.5) is 0 Å². The maximum atomic E-state index is 9.17. The van der Waals surface area contributed by atoms with Crippen LogP contribution in [0.5, 0.6) is 0 Å². The zero-order valence-electron chi connectivity index (χ0n) is 7.58. The molecule has 1 aromatic heterocycles. The van der Waals surface area contributed by atoms with Gasteiger partial charge in [-0.15, -0.1) is 0 Å². The number of aliphatic hydroxyl groups excluding tert-OH is 1. The van der Waals surface area contributed by atoms with Gasteiger partial charge in [-0.05, 0) is 19.3 Å². The molecule has 0 radical (unpaired) electrons. The average Bonchev–Trinajstić information content (AvgIpc) is 2.56. The summed E-state index contributed by atoms with van der Waals surface area (Å²) in [7, 11) is 0. The van der Waals surface area contributed by atoms with E-state index in [4.69, 9.17) is 0 Å². The van der Waals surface area contributed by atoms with Crippen molar-refractivity contribution in [1.82, 2.24) is 15.3 Å². The topological polar surface area (TPSA) is 60.9 Å². The summed E-state index contributed by atoms with van der Waals surface area (Å²) < 4.78 is 0. The highest BCUT2D eigenvalue weighted by atomic mass is 16.3. The summed E-state index contributed by atoms with van der Waals surface area (Å²) in [6.45, 7) is 0.946. The first-order valence-electron chi connectivity index (χ1n) is 4.69. The summed E-state index contributed by atoms with van der Waals surface area (Å²) in [6, 6.07) is 0. The molecule has 0 saturated heterocycles. The van der Waals surface area contributed by atoms with Gasteiger partial charge in [0.1, 0.15) is 5.82 Å². The monoisotopic (exact) mass is 181 g/mol. The Kier molecular flexibility index (Phi) is 2.33. The molecule has 0 aliphatic heterocycles. The number of aromatic amines is 1. The van der Waals surface area contributed by atoms with E-state index < -0.39 is 0 Å². The maximum absolute atomic E-state index is 9.17. The number of aromatic nitrogens is 2. The highest BCUT2D eigenvalue weighted by Gasteiger charge is 2.35. The van der Waals surface area contributed by atoms with E-state index >= 15 is 0 Å². The Bertz CT molecular complexity index is 248. The molecule has 72 valence electrons. The van der Waals surface area contributed by atoms with E-state index in [-0.39, 0.29) is 12.1 Å². The number of hydrogen-bond donors (Lipinski definition) is 3. The van der Waals surface area contributed by atoms with Crippen molar-refractivity contribution in [3.63, 3.8) is 0 Å². The molecule has 0 spiro atoms. The first-order valence-corrected chi connectivity index (χ1v) is 4.69. The standard InChI is InChI=1S/C9H15N3O/c13-7-9(2-1-3-9)12-6-8-10-4-5-11-8/h4-5,12-13H,1-3,6-7H2,(H,10,11). The lowest BCUT2D eigenvalue weighted by Crippen LogP contribution is -2.53. The lowest BCUT2D eigenvalue weighted by Gasteiger charge is -2.41. The quantitative estimate of drug-likeness (QED) is 0.630. The molecule has 1 aliphatic rings. The number of imidazole rings is 1. The van der Waals surface area contributed by atoms with Gasteiger partial charge in [0, 0.05) is 17.9 Å². The minimum atomic E-state index is -0.0210. The van der Waals surface area contributed by atoms with Crippen molar-refractivity contribution in [2.24, 2.45) is 0 Å². The Hall–Kier alpha value is -0.870. The first kappa shape index (κ1) is 8.72. The van der Waals surface area contributed by atoms with Crippen molar-refractivity contribution < 1.29 is 5.11 Å². The molecule has 2 rings (SSSR count). The van der Waals surface area contributed by atoms with Gasteiger partial charge < -0.3 is 15.4 Å². The predicted molar refractivity (Wildman–Crippen MR) is 49.1 cm³/mol. The summed E-state index contributed by atoms with van der Waals surface area (Å²) >= 11 is 0. The Morgan fingerprint density at radius 2 is 2.46 bits per heavy atom. The second kappa shape index (κ2) is 3.47. The lowest BCUT2D eigenvalue weighted by molar-refractivity contribution is 0.0865. The summed E-state index contributed by atoms with van der Waals surface area (Å²) in [4.78, 5) is 7.14. The predicted octanol–water partition coefficient (Wildman–Crippen LogP) is 0.414. The number of hydrogen-bond acceptors (Lipinski definition) is 3. The summed E-state index contributed by atoms with van der Waals surface area (Å²) in [5.74, 6) is 0.930. The molecule has 1 saturated carbocycles. The van der Waals surface area contributed by atoms with Crippen LogP contribution in [-0.4, -0.2) is 27.2 Å². The molecule has 1 aliphatic carbocycles. The van der Waals surface area contributed by atoms with E-state index in [1.807, 2.05) is 6.20 Å². The highest BCUT2D eigenvalue weighted by molar-refractivity contribution is 4.97. The second-order valence-electron chi connectivity index (χ2n) is 3.68. The minimum absolute atomic E-state index is 0.0210. The van der Waals surface area contributed by atoms with Crippen molar-refractivity contribution in [3.8, 4) is 0 Å². The van der Waals surface area contributed by atoms with Crippen LogP contribution < -0.4 is 5.32 Å². The van der Waals surface area contributed by atoms with Gasteiger partial charge in [-0.3, -0.25) is 0 Å². The SMILES string of the molecule is OCC1(NCc2ncc[nH]2)CCC1. The van der Waals surface area contributed by atoms with Crippen LogP contribution in [0.3, 0.4) is 0 Å². The molecule has 0 bridgehead atoms. The molecule has 0 atom stereocenters. The number of aliphatic hydroxyl groups is 1. The molecule has 3 N–H and O–H groups in total. The molecule has 0 aromatic carbocycles. The molecule has 13 heavy (non-hydrogen) atoms. The third-order valence-corrected chi connectivity index (χ3v) is 2.80. The number of H-pyrrole nitrogens is 1. The van der Waals surface area contributed by atoms with Gasteiger partial charge in [-0.2, -0.15) is 0 Å². The van der Waals surface area contributed by atoms with Crippen molar-refractivity contribution in [2.75, 3.05) is 6.61 Å². The third-order valence-electron chi connectivity index (χ3n) is 2.80. The molecular weight excluding hydrogens is 166 g/mol. The fourth-order valence-electron chi connectivity index (χ4n) is 1.66. The van der Waals surface area contributed by atoms with E-state index in [9.17, 15) is 5.11 Å². The first-order chi connectivity index (χ1) is 6.35. The van der Waals surface area contributed by atoms with E-state index in [0.717, 1.165) is 18.7 Å². The Morgan fingerprint density at radius 1 is 1.62 bits per heavy atom. The lowest BCUT2D eigenvalue weighted by atomic mass is 9.77. The zero-order valence-corrected chi connectivity index (χ0v) is 7.58. The minimum Gasteiger partial charge on any atom is -0.394 e. The average molecular weight is 181 g/mol. The molecule has 1 heterocycles. The number of nitrogens with one attached hydrogen (secondary N) is 2. The summed E-state index contributed by atoms with van der Waals surface area (Å²) in [6.07, 6.45) is 6.91. The van der Waals surface area contributed by atoms with E-state index in [1.54, 1.807) is 6.20 Å². The van der Waals surface area contributed by atoms with Crippen LogP contribution in [0.25, 0.3) is 0 Å². The number of nitrogens with zero attached hydrogens (tertiary/aromatic N) is 1. The fraction of sp³-hybridized carbons (Fsp3) is 0.667. The molecule has 1 aromatic rings. The third kappa shape index (κ3) is 1.73. The zero-order chi connectivity index (χ0) is 9.15. The van der Waals surface area contributed by atoms with E-state index in [1.165, 1.54) is 6.42 Å². The molecule has 0 amide bonds. The Balaban J connectivity index is 1.84. The van der Waals surface area contributed by atoms with Crippen molar-refractivity contribution in [1.29, 1.82) is 0 Å². The highest BCUT2D eigenvalue weighted by Crippen LogP contribution is 2.31. The van der Waals surface area contributed by atoms with Gasteiger partial charge in [0.15, 0.2) is 0 Å². The summed E-state index contributed by atoms with van der Waals surface area (Å²) in [5.41, 5.74) is -0.0210. The van der Waals surface area contributed by atoms with Gasteiger partial charge in [-0.1, -0.05) is 0 Å². The van der Waals surface area contributed by atoms with Crippen molar-refractivity contribution >= 4 is 0 Å². The number of rotatable bonds is 4. The Labute approximate surface area is 77.4 Å². The van der Waals surface area contributed by atoms with Crippen molar-refractivity contribution in [2.45, 2.75) is 31.3 Å². The van der Waals surface area contributed by atoms with Crippen LogP contribution in [0.1, 0.15) is 25.1 Å². The van der Waals surface area contributed by atoms with Crippen molar-refractivity contribution in [3.05, 3.63) is 18.2 Å². The second-order valence-corrected chi connectivity index (χ2v) is 3.68. The van der Waals surface area contributed by atoms with Gasteiger partial charge in [0.25, 0.3) is 0 Å². The largest absolute Gasteiger partial charge is 0.394 e. The van der Waals surface area contributed by atoms with Crippen LogP contribution in [0.2, 0.25) is 0 Å². The molecule has 0 unspecified atom stereocenters. The smallest absolute Gasteiger partial charge is 0.120 e. The van der Waals surface area contributed by atoms with Gasteiger partial charge in [-0.25, -0.2) is 4.98 Å². The van der Waals surface area contributed by atoms with Gasteiger partial charge >= 0.3 is 0 Å². The van der Waals surface area contributed by atoms with E-state index in [2.05, 4.69) is 15.3 Å². The molecule has 4 nitrogen and oxygen atoms in total. The van der Waals surface area contributed by atoms with Crippen LogP contribution in [0, 0.1) is 0 Å². The van der Waals surface area contributed by atoms with Crippen LogP contribution in [-0.2, 0) is 6.54 Å². The van der Waals surface area contributed by atoms with Crippen LogP contribution >= 0.6 is 0 Å². The Morgan fingerprint density at radius 3 is 2.92 bits per heavy atom.